The van der Waals surface area contributed by atoms with E-state index in [0.717, 1.165) is 0 Å². The van der Waals surface area contributed by atoms with Crippen LogP contribution in [0.1, 0.15) is 86.0 Å². The lowest BCUT2D eigenvalue weighted by molar-refractivity contribution is -0.296. The number of ketones is 1. The summed E-state index contributed by atoms with van der Waals surface area (Å²) in [4.78, 5) is 32.6. The molecule has 0 radical (unpaired) electrons. The van der Waals surface area contributed by atoms with Gasteiger partial charge in [0.2, 0.25) is 5.79 Å². The molecule has 3 fully saturated rings. The third kappa shape index (κ3) is 4.90. The van der Waals surface area contributed by atoms with E-state index in [0.29, 0.717) is 18.4 Å². The maximum atomic E-state index is 13.3. The quantitative estimate of drug-likeness (QED) is 0.160. The van der Waals surface area contributed by atoms with E-state index in [1.165, 1.54) is 26.8 Å². The molecule has 11 nitrogen and oxygen atoms in total. The molecule has 2 unspecified atom stereocenters. The van der Waals surface area contributed by atoms with Crippen molar-refractivity contribution in [3.63, 3.8) is 0 Å². The Balaban J connectivity index is 1.74. The topological polar surface area (TPSA) is 205 Å². The summed E-state index contributed by atoms with van der Waals surface area (Å²) in [5.74, 6) is -4.66. The molecule has 10 atom stereocenters. The van der Waals surface area contributed by atoms with Gasteiger partial charge in [0.15, 0.2) is 5.78 Å². The molecule has 39 heavy (non-hydrogen) atoms. The highest BCUT2D eigenvalue weighted by Gasteiger charge is 2.71. The van der Waals surface area contributed by atoms with Crippen LogP contribution in [0.5, 0.6) is 0 Å². The predicted octanol–water partition coefficient (Wildman–Crippen LogP) is 1.29. The van der Waals surface area contributed by atoms with Crippen LogP contribution in [0.2, 0.25) is 0 Å². The molecule has 4 rings (SSSR count). The zero-order valence-corrected chi connectivity index (χ0v) is 24.3. The number of phosphoric acid groups is 1. The maximum Gasteiger partial charge on any atom is 0.472 e. The number of carbonyl (C=O) groups is 1. The van der Waals surface area contributed by atoms with Crippen molar-refractivity contribution < 1.29 is 54.3 Å². The molecule has 0 spiro atoms. The van der Waals surface area contributed by atoms with Crippen LogP contribution < -0.4 is 0 Å². The minimum atomic E-state index is -5.30. The monoisotopic (exact) mass is 576 g/mol. The highest BCUT2D eigenvalue weighted by molar-refractivity contribution is 7.46. The Morgan fingerprint density at radius 3 is 2.18 bits per heavy atom. The molecule has 224 valence electrons. The zero-order chi connectivity index (χ0) is 29.6. The summed E-state index contributed by atoms with van der Waals surface area (Å²) < 4.78 is 16.8. The molecule has 8 N–H and O–H groups in total. The highest BCUT2D eigenvalue weighted by Crippen LogP contribution is 2.69. The first-order valence-corrected chi connectivity index (χ1v) is 15.3. The molecule has 0 aromatic heterocycles. The standard InChI is InChI=1S/C27H45O11P/c1-22(2,31)10-11-27(34,38-39(35,36)37)25(5,32)21-7-9-26(33)16-12-18(28)17-13-19(29)20(30)14-23(17,3)15(16)6-8-24(21,26)4/h12,15,17,19-21,29-34H,6-11,13-14H2,1-5H3,(H2,35,36,37)/t15?,17-,19+,20-,21+,23+,24+,25?,26+,27+/m0/s1. The van der Waals surface area contributed by atoms with Gasteiger partial charge in [-0.25, -0.2) is 4.57 Å². The summed E-state index contributed by atoms with van der Waals surface area (Å²) in [6.07, 6.45) is 0.314. The molecule has 0 saturated heterocycles. The summed E-state index contributed by atoms with van der Waals surface area (Å²) in [6.45, 7) is 7.82. The average Bonchev–Trinajstić information content (AvgIpc) is 3.05. The molecule has 0 aliphatic heterocycles. The number of fused-ring (bicyclic) bond motifs is 5. The van der Waals surface area contributed by atoms with Gasteiger partial charge in [-0.05, 0) is 88.7 Å². The van der Waals surface area contributed by atoms with E-state index in [4.69, 9.17) is 4.52 Å². The van der Waals surface area contributed by atoms with Crippen molar-refractivity contribution in [3.8, 4) is 0 Å². The van der Waals surface area contributed by atoms with E-state index in [1.54, 1.807) is 6.92 Å². The van der Waals surface area contributed by atoms with Crippen LogP contribution in [0.4, 0.5) is 0 Å². The normalized spacial score (nSPS) is 44.0. The van der Waals surface area contributed by atoms with Gasteiger partial charge in [-0.2, -0.15) is 0 Å². The first-order valence-electron chi connectivity index (χ1n) is 13.8. The Hall–Kier alpha value is -0.720. The van der Waals surface area contributed by atoms with Crippen molar-refractivity contribution in [1.29, 1.82) is 0 Å². The van der Waals surface area contributed by atoms with Gasteiger partial charge < -0.3 is 40.4 Å². The predicted molar refractivity (Wildman–Crippen MR) is 139 cm³/mol. The van der Waals surface area contributed by atoms with Crippen molar-refractivity contribution >= 4 is 13.6 Å². The fourth-order valence-electron chi connectivity index (χ4n) is 8.61. The Kier molecular flexibility index (Phi) is 7.52. The lowest BCUT2D eigenvalue weighted by Crippen LogP contribution is -2.65. The van der Waals surface area contributed by atoms with Gasteiger partial charge in [0.25, 0.3) is 0 Å². The second-order valence-corrected chi connectivity index (χ2v) is 15.1. The molecule has 3 saturated carbocycles. The summed E-state index contributed by atoms with van der Waals surface area (Å²) in [5, 5.41) is 66.8. The Labute approximate surface area is 229 Å². The Morgan fingerprint density at radius 2 is 1.62 bits per heavy atom. The van der Waals surface area contributed by atoms with Crippen LogP contribution in [-0.4, -0.2) is 81.0 Å². The number of aliphatic hydroxyl groups excluding tert-OH is 2. The largest absolute Gasteiger partial charge is 0.472 e. The summed E-state index contributed by atoms with van der Waals surface area (Å²) >= 11 is 0. The van der Waals surface area contributed by atoms with Crippen LogP contribution in [0.3, 0.4) is 0 Å². The van der Waals surface area contributed by atoms with Crippen LogP contribution in [0, 0.1) is 28.6 Å². The van der Waals surface area contributed by atoms with Gasteiger partial charge >= 0.3 is 7.82 Å². The Morgan fingerprint density at radius 1 is 1.00 bits per heavy atom. The number of hydrogen-bond acceptors (Lipinski definition) is 9. The Bertz CT molecular complexity index is 1080. The SMILES string of the molecule is CC(C)(O)CC[C@@](O)(OP(=O)(O)O)C(C)(O)[C@@H]1CC[C@@]2(O)C3=CC(=O)[C@@H]4C[C@@H](O)[C@@H](O)C[C@]4(C)C3CC[C@]12C. The molecule has 0 amide bonds. The van der Waals surface area contributed by atoms with Crippen LogP contribution in [0.15, 0.2) is 11.6 Å². The summed E-state index contributed by atoms with van der Waals surface area (Å²) in [5.41, 5.74) is -6.47. The second-order valence-electron chi connectivity index (χ2n) is 13.9. The molecular formula is C27H45O11P. The van der Waals surface area contributed by atoms with Crippen LogP contribution in [0.25, 0.3) is 0 Å². The molecule has 12 heteroatoms. The minimum Gasteiger partial charge on any atom is -0.390 e. The molecule has 0 aromatic rings. The maximum absolute atomic E-state index is 13.3. The summed E-state index contributed by atoms with van der Waals surface area (Å²) in [6, 6.07) is 0. The van der Waals surface area contributed by atoms with E-state index in [9.17, 15) is 49.8 Å². The molecular weight excluding hydrogens is 531 g/mol. The van der Waals surface area contributed by atoms with Crippen molar-refractivity contribution in [2.45, 2.75) is 121 Å². The van der Waals surface area contributed by atoms with E-state index in [2.05, 4.69) is 0 Å². The number of carbonyl (C=O) groups excluding carboxylic acids is 1. The second kappa shape index (κ2) is 9.39. The highest BCUT2D eigenvalue weighted by atomic mass is 31.2. The fraction of sp³-hybridized carbons (Fsp3) is 0.889. The third-order valence-corrected chi connectivity index (χ3v) is 11.5. The smallest absolute Gasteiger partial charge is 0.390 e. The lowest BCUT2D eigenvalue weighted by Gasteiger charge is -2.61. The lowest BCUT2D eigenvalue weighted by atomic mass is 9.45. The number of phosphoric ester groups is 1. The third-order valence-electron chi connectivity index (χ3n) is 10.9. The van der Waals surface area contributed by atoms with Gasteiger partial charge in [-0.15, -0.1) is 0 Å². The van der Waals surface area contributed by atoms with Crippen molar-refractivity contribution in [2.75, 3.05) is 0 Å². The van der Waals surface area contributed by atoms with E-state index < -0.39 is 71.7 Å². The molecule has 4 aliphatic carbocycles. The number of hydrogen-bond donors (Lipinski definition) is 8. The molecule has 4 aliphatic rings. The van der Waals surface area contributed by atoms with Crippen molar-refractivity contribution in [3.05, 3.63) is 11.6 Å². The van der Waals surface area contributed by atoms with Gasteiger partial charge in [0.1, 0.15) is 5.60 Å². The van der Waals surface area contributed by atoms with Gasteiger partial charge in [0, 0.05) is 23.7 Å². The van der Waals surface area contributed by atoms with E-state index in [1.807, 2.05) is 6.92 Å². The van der Waals surface area contributed by atoms with Gasteiger partial charge in [0.05, 0.1) is 23.4 Å². The van der Waals surface area contributed by atoms with E-state index in [-0.39, 0.29) is 43.8 Å². The first kappa shape index (κ1) is 31.2. The number of allylic oxidation sites excluding steroid dienone is 1. The van der Waals surface area contributed by atoms with Gasteiger partial charge in [-0.1, -0.05) is 13.8 Å². The first-order chi connectivity index (χ1) is 17.5. The molecule has 0 bridgehead atoms. The van der Waals surface area contributed by atoms with Crippen LogP contribution in [-0.2, 0) is 13.9 Å². The number of aliphatic hydroxyl groups is 6. The zero-order valence-electron chi connectivity index (χ0n) is 23.4. The summed E-state index contributed by atoms with van der Waals surface area (Å²) in [7, 11) is -5.30. The van der Waals surface area contributed by atoms with Crippen LogP contribution >= 0.6 is 7.82 Å². The molecule has 0 heterocycles. The van der Waals surface area contributed by atoms with Crippen molar-refractivity contribution in [2.24, 2.45) is 28.6 Å². The molecule has 0 aromatic carbocycles. The van der Waals surface area contributed by atoms with Gasteiger partial charge in [-0.3, -0.25) is 9.32 Å². The minimum absolute atomic E-state index is 0.128. The average molecular weight is 577 g/mol. The fourth-order valence-corrected chi connectivity index (χ4v) is 9.28. The number of rotatable bonds is 7. The van der Waals surface area contributed by atoms with E-state index >= 15 is 0 Å². The van der Waals surface area contributed by atoms with Crippen molar-refractivity contribution in [1.82, 2.24) is 0 Å².